The quantitative estimate of drug-likeness (QED) is 0.195. The first kappa shape index (κ1) is 38.4. The van der Waals surface area contributed by atoms with Gasteiger partial charge in [-0.25, -0.2) is 0 Å². The molecule has 8 saturated carbocycles. The van der Waals surface area contributed by atoms with Crippen LogP contribution in [0.4, 0.5) is 0 Å². The van der Waals surface area contributed by atoms with Crippen molar-refractivity contribution in [2.45, 2.75) is 185 Å². The summed E-state index contributed by atoms with van der Waals surface area (Å²) in [5.74, 6) is 3.12. The van der Waals surface area contributed by atoms with Crippen LogP contribution < -0.4 is 0 Å². The van der Waals surface area contributed by atoms with Gasteiger partial charge >= 0.3 is 0 Å². The standard InChI is InChI=1S/4C10H18O.Ti/c4*1-9(2)7-4-5-10(9,3)8(11)6-7;/h4*7-8,11H,4-6H2,1-3H3;/t4*7-,8-,10+;/m0000./s1. The van der Waals surface area contributed by atoms with E-state index in [1.165, 1.54) is 51.4 Å². The van der Waals surface area contributed by atoms with Crippen LogP contribution in [-0.4, -0.2) is 44.8 Å². The predicted molar refractivity (Wildman–Crippen MR) is 181 cm³/mol. The van der Waals surface area contributed by atoms with Crippen LogP contribution in [0.2, 0.25) is 0 Å². The molecule has 0 aromatic carbocycles. The summed E-state index contributed by atoms with van der Waals surface area (Å²) >= 11 is 0. The summed E-state index contributed by atoms with van der Waals surface area (Å²) in [5, 5.41) is 39.3. The third-order valence-electron chi connectivity index (χ3n) is 19.0. The molecule has 0 amide bonds. The molecule has 5 heteroatoms. The predicted octanol–water partition coefficient (Wildman–Crippen LogP) is 8.77. The van der Waals surface area contributed by atoms with E-state index in [4.69, 9.17) is 0 Å². The molecule has 8 rings (SSSR count). The zero-order valence-electron chi connectivity index (χ0n) is 31.4. The molecule has 4 N–H and O–H groups in total. The maximum absolute atomic E-state index is 9.81. The van der Waals surface area contributed by atoms with Crippen molar-refractivity contribution in [2.75, 3.05) is 0 Å². The van der Waals surface area contributed by atoms with E-state index in [1.54, 1.807) is 0 Å². The molecule has 0 aromatic heterocycles. The minimum atomic E-state index is -0.0313. The van der Waals surface area contributed by atoms with E-state index in [1.807, 2.05) is 0 Å². The average molecular weight is 665 g/mol. The molecule has 0 radical (unpaired) electrons. The smallest absolute Gasteiger partial charge is 0.0601 e. The van der Waals surface area contributed by atoms with Crippen LogP contribution in [0.3, 0.4) is 0 Å². The molecule has 260 valence electrons. The summed E-state index contributed by atoms with van der Waals surface area (Å²) in [5.41, 5.74) is 2.41. The van der Waals surface area contributed by atoms with Crippen LogP contribution in [0.5, 0.6) is 0 Å². The summed E-state index contributed by atoms with van der Waals surface area (Å²) < 4.78 is 0. The molecule has 8 aliphatic rings. The minimum absolute atomic E-state index is 0. The second-order valence-corrected chi connectivity index (χ2v) is 20.5. The SMILES string of the molecule is CC1(C)[C@H]2CC[C@]1(C)[C@@H](O)C2.CC1(C)[C@H]2CC[C@]1(C)[C@@H](O)C2.CC1(C)[C@H]2CC[C@]1(C)[C@@H](O)C2.CC1(C)[C@H]2CC[C@]1(C)[C@@H](O)C2.[Ti]. The Morgan fingerprint density at radius 1 is 0.333 bits per heavy atom. The van der Waals surface area contributed by atoms with Crippen molar-refractivity contribution in [3.63, 3.8) is 0 Å². The van der Waals surface area contributed by atoms with E-state index < -0.39 is 0 Å². The molecule has 0 heterocycles. The van der Waals surface area contributed by atoms with Gasteiger partial charge in [0, 0.05) is 21.7 Å². The van der Waals surface area contributed by atoms with Crippen LogP contribution in [0.1, 0.15) is 160 Å². The van der Waals surface area contributed by atoms with E-state index in [9.17, 15) is 20.4 Å². The fourth-order valence-corrected chi connectivity index (χ4v) is 12.6. The third-order valence-corrected chi connectivity index (χ3v) is 19.0. The van der Waals surface area contributed by atoms with E-state index >= 15 is 0 Å². The van der Waals surface area contributed by atoms with Gasteiger partial charge in [-0.3, -0.25) is 0 Å². The molecule has 0 saturated heterocycles. The van der Waals surface area contributed by atoms with Crippen molar-refractivity contribution >= 4 is 0 Å². The van der Waals surface area contributed by atoms with Crippen molar-refractivity contribution in [1.29, 1.82) is 0 Å². The van der Waals surface area contributed by atoms with Gasteiger partial charge in [0.05, 0.1) is 24.4 Å². The molecule has 8 fully saturated rings. The summed E-state index contributed by atoms with van der Waals surface area (Å²) in [6.07, 6.45) is 14.3. The molecule has 0 aromatic rings. The van der Waals surface area contributed by atoms with Gasteiger partial charge in [-0.1, -0.05) is 83.1 Å². The van der Waals surface area contributed by atoms with Crippen molar-refractivity contribution in [2.24, 2.45) is 67.0 Å². The van der Waals surface area contributed by atoms with Gasteiger partial charge < -0.3 is 20.4 Å². The van der Waals surface area contributed by atoms with Gasteiger partial charge in [0.2, 0.25) is 0 Å². The largest absolute Gasteiger partial charge is 0.393 e. The fraction of sp³-hybridized carbons (Fsp3) is 1.00. The van der Waals surface area contributed by atoms with Crippen LogP contribution in [0.25, 0.3) is 0 Å². The van der Waals surface area contributed by atoms with E-state index in [0.29, 0.717) is 21.7 Å². The number of fused-ring (bicyclic) bond motifs is 8. The van der Waals surface area contributed by atoms with Gasteiger partial charge in [0.1, 0.15) is 0 Å². The number of hydrogen-bond acceptors (Lipinski definition) is 4. The number of rotatable bonds is 0. The van der Waals surface area contributed by atoms with Gasteiger partial charge in [0.25, 0.3) is 0 Å². The first-order chi connectivity index (χ1) is 19.9. The zero-order chi connectivity index (χ0) is 33.1. The van der Waals surface area contributed by atoms with Gasteiger partial charge in [-0.2, -0.15) is 0 Å². The first-order valence-electron chi connectivity index (χ1n) is 18.7. The molecule has 0 aliphatic heterocycles. The average Bonchev–Trinajstić information content (AvgIpc) is 3.65. The Labute approximate surface area is 292 Å². The van der Waals surface area contributed by atoms with E-state index in [-0.39, 0.29) is 67.8 Å². The van der Waals surface area contributed by atoms with Crippen LogP contribution in [0.15, 0.2) is 0 Å². The van der Waals surface area contributed by atoms with Crippen molar-refractivity contribution in [1.82, 2.24) is 0 Å². The summed E-state index contributed by atoms with van der Waals surface area (Å²) in [6, 6.07) is 0. The summed E-state index contributed by atoms with van der Waals surface area (Å²) in [4.78, 5) is 0. The Kier molecular flexibility index (Phi) is 10.1. The Hall–Kier alpha value is 0.554. The zero-order valence-corrected chi connectivity index (χ0v) is 33.0. The normalized spacial score (nSPS) is 52.3. The Bertz CT molecular complexity index is 916. The summed E-state index contributed by atoms with van der Waals surface area (Å²) in [7, 11) is 0. The van der Waals surface area contributed by atoms with Gasteiger partial charge in [-0.15, -0.1) is 0 Å². The number of aliphatic hydroxyl groups excluding tert-OH is 4. The maximum Gasteiger partial charge on any atom is 0.0601 e. The van der Waals surface area contributed by atoms with Gasteiger partial charge in [0.15, 0.2) is 0 Å². The van der Waals surface area contributed by atoms with E-state index in [0.717, 1.165) is 49.4 Å². The Morgan fingerprint density at radius 3 is 0.533 bits per heavy atom. The molecule has 8 aliphatic carbocycles. The molecule has 0 spiro atoms. The van der Waals surface area contributed by atoms with Crippen LogP contribution in [0, 0.1) is 67.0 Å². The first-order valence-corrected chi connectivity index (χ1v) is 18.7. The molecular weight excluding hydrogens is 592 g/mol. The third kappa shape index (κ3) is 5.20. The number of hydrogen-bond donors (Lipinski definition) is 4. The van der Waals surface area contributed by atoms with E-state index in [2.05, 4.69) is 83.1 Å². The van der Waals surface area contributed by atoms with Gasteiger partial charge in [-0.05, 0) is 144 Å². The Morgan fingerprint density at radius 2 is 0.489 bits per heavy atom. The monoisotopic (exact) mass is 664 g/mol. The minimum Gasteiger partial charge on any atom is -0.393 e. The van der Waals surface area contributed by atoms with Crippen molar-refractivity contribution in [3.05, 3.63) is 0 Å². The second kappa shape index (κ2) is 11.8. The molecule has 4 nitrogen and oxygen atoms in total. The second-order valence-electron chi connectivity index (χ2n) is 20.5. The topological polar surface area (TPSA) is 80.9 Å². The fourth-order valence-electron chi connectivity index (χ4n) is 12.6. The van der Waals surface area contributed by atoms with Crippen molar-refractivity contribution < 1.29 is 42.1 Å². The summed E-state index contributed by atoms with van der Waals surface area (Å²) in [6.45, 7) is 27.6. The maximum atomic E-state index is 9.81. The molecule has 8 bridgehead atoms. The number of aliphatic hydroxyl groups is 4. The molecule has 12 atom stereocenters. The molecular formula is C40H72O4Ti. The van der Waals surface area contributed by atoms with Crippen molar-refractivity contribution in [3.8, 4) is 0 Å². The van der Waals surface area contributed by atoms with Crippen LogP contribution >= 0.6 is 0 Å². The Balaban J connectivity index is 0.000000136. The van der Waals surface area contributed by atoms with Crippen LogP contribution in [-0.2, 0) is 21.7 Å². The molecule has 45 heavy (non-hydrogen) atoms. The molecule has 0 unspecified atom stereocenters.